The van der Waals surface area contributed by atoms with Gasteiger partial charge >= 0.3 is 5.97 Å². The number of carbonyl (C=O) groups excluding carboxylic acids is 1. The van der Waals surface area contributed by atoms with E-state index in [0.29, 0.717) is 6.42 Å². The minimum absolute atomic E-state index is 0.165. The summed E-state index contributed by atoms with van der Waals surface area (Å²) in [4.78, 5) is 23.2. The molecule has 0 spiro atoms. The number of rotatable bonds is 4. The molecule has 0 saturated carbocycles. The number of hydrogen-bond acceptors (Lipinski definition) is 2. The van der Waals surface area contributed by atoms with E-state index in [1.165, 1.54) is 5.56 Å². The molecular weight excluding hydrogens is 242 g/mol. The van der Waals surface area contributed by atoms with Crippen LogP contribution in [0.15, 0.2) is 24.3 Å². The predicted molar refractivity (Wildman–Crippen MR) is 72.0 cm³/mol. The Morgan fingerprint density at radius 1 is 1.42 bits per heavy atom. The zero-order valence-corrected chi connectivity index (χ0v) is 11.1. The van der Waals surface area contributed by atoms with Crippen molar-refractivity contribution in [3.8, 4) is 0 Å². The van der Waals surface area contributed by atoms with Crippen LogP contribution in [0.25, 0.3) is 0 Å². The summed E-state index contributed by atoms with van der Waals surface area (Å²) in [6.07, 6.45) is 3.16. The molecule has 0 heterocycles. The van der Waals surface area contributed by atoms with E-state index >= 15 is 0 Å². The molecule has 1 amide bonds. The van der Waals surface area contributed by atoms with Crippen LogP contribution in [0.3, 0.4) is 0 Å². The number of carboxylic acids is 1. The largest absolute Gasteiger partial charge is 0.480 e. The first-order chi connectivity index (χ1) is 9.13. The molecule has 4 nitrogen and oxygen atoms in total. The fourth-order valence-corrected chi connectivity index (χ4v) is 2.64. The summed E-state index contributed by atoms with van der Waals surface area (Å²) in [5.74, 6) is -1.35. The van der Waals surface area contributed by atoms with Crippen molar-refractivity contribution in [2.45, 2.75) is 44.6 Å². The maximum Gasteiger partial charge on any atom is 0.326 e. The van der Waals surface area contributed by atoms with E-state index in [9.17, 15) is 9.59 Å². The Morgan fingerprint density at radius 3 is 2.84 bits per heavy atom. The van der Waals surface area contributed by atoms with Gasteiger partial charge in [-0.1, -0.05) is 31.2 Å². The Morgan fingerprint density at radius 2 is 2.16 bits per heavy atom. The summed E-state index contributed by atoms with van der Waals surface area (Å²) in [5, 5.41) is 11.6. The minimum atomic E-state index is -0.972. The highest BCUT2D eigenvalue weighted by atomic mass is 16.4. The van der Waals surface area contributed by atoms with Crippen LogP contribution in [0, 0.1) is 0 Å². The van der Waals surface area contributed by atoms with Gasteiger partial charge in [0.25, 0.3) is 0 Å². The summed E-state index contributed by atoms with van der Waals surface area (Å²) in [7, 11) is 0. The molecule has 0 fully saturated rings. The second-order valence-corrected chi connectivity index (χ2v) is 4.95. The van der Waals surface area contributed by atoms with Crippen molar-refractivity contribution in [2.24, 2.45) is 0 Å². The maximum absolute atomic E-state index is 12.3. The number of aliphatic carboxylic acids is 1. The monoisotopic (exact) mass is 261 g/mol. The molecule has 2 atom stereocenters. The van der Waals surface area contributed by atoms with Gasteiger partial charge in [0.1, 0.15) is 6.04 Å². The van der Waals surface area contributed by atoms with Crippen LogP contribution in [0.1, 0.15) is 43.2 Å². The third-order valence-corrected chi connectivity index (χ3v) is 3.71. The number of fused-ring (bicyclic) bond motifs is 1. The number of benzene rings is 1. The molecule has 2 unspecified atom stereocenters. The number of carbonyl (C=O) groups is 2. The molecule has 1 aliphatic carbocycles. The first kappa shape index (κ1) is 13.6. The topological polar surface area (TPSA) is 66.4 Å². The van der Waals surface area contributed by atoms with Crippen LogP contribution in [0.4, 0.5) is 0 Å². The molecule has 1 aromatic rings. The van der Waals surface area contributed by atoms with E-state index in [2.05, 4.69) is 5.32 Å². The highest BCUT2D eigenvalue weighted by Gasteiger charge is 2.28. The highest BCUT2D eigenvalue weighted by molar-refractivity contribution is 5.88. The highest BCUT2D eigenvalue weighted by Crippen LogP contribution is 2.31. The van der Waals surface area contributed by atoms with Gasteiger partial charge in [0.2, 0.25) is 5.91 Å². The van der Waals surface area contributed by atoms with Crippen LogP contribution < -0.4 is 5.32 Å². The third kappa shape index (κ3) is 2.95. The average Bonchev–Trinajstić information content (AvgIpc) is 2.43. The third-order valence-electron chi connectivity index (χ3n) is 3.71. The molecule has 4 heteroatoms. The molecule has 0 radical (unpaired) electrons. The van der Waals surface area contributed by atoms with Crippen LogP contribution in [-0.2, 0) is 16.0 Å². The lowest BCUT2D eigenvalue weighted by atomic mass is 9.82. The Hall–Kier alpha value is -1.84. The number of nitrogens with one attached hydrogen (secondary N) is 1. The van der Waals surface area contributed by atoms with Gasteiger partial charge in [-0.15, -0.1) is 0 Å². The molecule has 1 aromatic carbocycles. The average molecular weight is 261 g/mol. The van der Waals surface area contributed by atoms with Crippen molar-refractivity contribution in [1.82, 2.24) is 5.32 Å². The summed E-state index contributed by atoms with van der Waals surface area (Å²) in [6.45, 7) is 1.76. The van der Waals surface area contributed by atoms with Gasteiger partial charge in [-0.25, -0.2) is 4.79 Å². The standard InChI is InChI=1S/C15H19NO3/c1-2-13(15(18)19)16-14(17)12-9-5-7-10-6-3-4-8-11(10)12/h3-4,6,8,12-13H,2,5,7,9H2,1H3,(H,16,17)(H,18,19). The second-order valence-electron chi connectivity index (χ2n) is 4.95. The molecule has 0 bridgehead atoms. The normalized spacial score (nSPS) is 19.3. The van der Waals surface area contributed by atoms with Crippen molar-refractivity contribution < 1.29 is 14.7 Å². The van der Waals surface area contributed by atoms with E-state index in [4.69, 9.17) is 5.11 Å². The zero-order valence-electron chi connectivity index (χ0n) is 11.1. The molecule has 0 aromatic heterocycles. The maximum atomic E-state index is 12.3. The van der Waals surface area contributed by atoms with Gasteiger partial charge < -0.3 is 10.4 Å². The van der Waals surface area contributed by atoms with Crippen LogP contribution in [0.2, 0.25) is 0 Å². The summed E-state index contributed by atoms with van der Waals surface area (Å²) in [6, 6.07) is 7.13. The van der Waals surface area contributed by atoms with Gasteiger partial charge in [0.05, 0.1) is 5.92 Å². The van der Waals surface area contributed by atoms with Gasteiger partial charge in [-0.05, 0) is 36.8 Å². The van der Waals surface area contributed by atoms with Gasteiger partial charge in [-0.2, -0.15) is 0 Å². The molecule has 19 heavy (non-hydrogen) atoms. The molecule has 2 N–H and O–H groups in total. The molecule has 1 aliphatic rings. The van der Waals surface area contributed by atoms with E-state index in [-0.39, 0.29) is 11.8 Å². The smallest absolute Gasteiger partial charge is 0.326 e. The number of aryl methyl sites for hydroxylation is 1. The first-order valence-corrected chi connectivity index (χ1v) is 6.74. The molecule has 102 valence electrons. The second kappa shape index (κ2) is 5.87. The zero-order chi connectivity index (χ0) is 13.8. The Balaban J connectivity index is 2.15. The lowest BCUT2D eigenvalue weighted by molar-refractivity contribution is -0.142. The van der Waals surface area contributed by atoms with Crippen molar-refractivity contribution in [3.63, 3.8) is 0 Å². The van der Waals surface area contributed by atoms with Crippen molar-refractivity contribution in [1.29, 1.82) is 0 Å². The van der Waals surface area contributed by atoms with E-state index in [1.807, 2.05) is 24.3 Å². The van der Waals surface area contributed by atoms with E-state index in [0.717, 1.165) is 24.8 Å². The quantitative estimate of drug-likeness (QED) is 0.872. The van der Waals surface area contributed by atoms with Crippen molar-refractivity contribution in [3.05, 3.63) is 35.4 Å². The summed E-state index contributed by atoms with van der Waals surface area (Å²) < 4.78 is 0. The van der Waals surface area contributed by atoms with E-state index < -0.39 is 12.0 Å². The fourth-order valence-electron chi connectivity index (χ4n) is 2.64. The minimum Gasteiger partial charge on any atom is -0.480 e. The lowest BCUT2D eigenvalue weighted by Gasteiger charge is -2.25. The Kier molecular flexibility index (Phi) is 4.20. The Labute approximate surface area is 112 Å². The fraction of sp³-hybridized carbons (Fsp3) is 0.467. The number of carboxylic acid groups (broad SMARTS) is 1. The van der Waals surface area contributed by atoms with Crippen molar-refractivity contribution >= 4 is 11.9 Å². The number of amides is 1. The molecule has 0 aliphatic heterocycles. The SMILES string of the molecule is CCC(NC(=O)C1CCCc2ccccc21)C(=O)O. The molecule has 2 rings (SSSR count). The first-order valence-electron chi connectivity index (χ1n) is 6.74. The van der Waals surface area contributed by atoms with Crippen LogP contribution in [0.5, 0.6) is 0 Å². The van der Waals surface area contributed by atoms with Crippen molar-refractivity contribution in [2.75, 3.05) is 0 Å². The van der Waals surface area contributed by atoms with E-state index in [1.54, 1.807) is 6.92 Å². The predicted octanol–water partition coefficient (Wildman–Crippen LogP) is 2.09. The molecular formula is C15H19NO3. The Bertz CT molecular complexity index is 484. The number of hydrogen-bond donors (Lipinski definition) is 2. The summed E-state index contributed by atoms with van der Waals surface area (Å²) in [5.41, 5.74) is 2.25. The van der Waals surface area contributed by atoms with Crippen LogP contribution in [-0.4, -0.2) is 23.0 Å². The summed E-state index contributed by atoms with van der Waals surface area (Å²) >= 11 is 0. The van der Waals surface area contributed by atoms with Gasteiger partial charge in [0, 0.05) is 0 Å². The molecule has 0 saturated heterocycles. The lowest BCUT2D eigenvalue weighted by Crippen LogP contribution is -2.43. The van der Waals surface area contributed by atoms with Crippen LogP contribution >= 0.6 is 0 Å². The van der Waals surface area contributed by atoms with Gasteiger partial charge in [0.15, 0.2) is 0 Å². The van der Waals surface area contributed by atoms with Gasteiger partial charge in [-0.3, -0.25) is 4.79 Å².